The molecule has 0 aliphatic rings. The molecule has 6 heteroatoms. The number of anilines is 1. The van der Waals surface area contributed by atoms with Crippen molar-refractivity contribution < 1.29 is 4.39 Å². The predicted octanol–water partition coefficient (Wildman–Crippen LogP) is 2.76. The maximum Gasteiger partial charge on any atom is 0.248 e. The van der Waals surface area contributed by atoms with Crippen LogP contribution >= 0.6 is 11.3 Å². The summed E-state index contributed by atoms with van der Waals surface area (Å²) in [6, 6.07) is 14.0. The molecule has 0 fully saturated rings. The maximum atomic E-state index is 13.4. The highest BCUT2D eigenvalue weighted by molar-refractivity contribution is 7.15. The molecule has 0 amide bonds. The molecular weight excluding hydrogens is 263 g/mol. The van der Waals surface area contributed by atoms with Gasteiger partial charge in [-0.3, -0.25) is 5.43 Å². The van der Waals surface area contributed by atoms with Gasteiger partial charge >= 0.3 is 0 Å². The number of para-hydroxylation sites is 1. The van der Waals surface area contributed by atoms with Crippen LogP contribution in [0, 0.1) is 5.82 Å². The number of rotatable bonds is 2. The SMILES string of the molecule is Fc1ccccc1NN=c1nnc2ccccc2s1. The van der Waals surface area contributed by atoms with Crippen molar-refractivity contribution in [2.75, 3.05) is 5.43 Å². The maximum absolute atomic E-state index is 13.4. The van der Waals surface area contributed by atoms with Gasteiger partial charge in [-0.05, 0) is 24.3 Å². The third-order valence-electron chi connectivity index (χ3n) is 2.46. The van der Waals surface area contributed by atoms with E-state index in [1.54, 1.807) is 18.2 Å². The molecule has 0 aliphatic heterocycles. The van der Waals surface area contributed by atoms with Crippen molar-refractivity contribution in [1.29, 1.82) is 0 Å². The highest BCUT2D eigenvalue weighted by atomic mass is 32.1. The molecule has 1 aromatic heterocycles. The van der Waals surface area contributed by atoms with Crippen LogP contribution in [0.3, 0.4) is 0 Å². The quantitative estimate of drug-likeness (QED) is 0.730. The molecule has 0 atom stereocenters. The molecule has 0 saturated carbocycles. The molecule has 1 N–H and O–H groups in total. The molecule has 94 valence electrons. The van der Waals surface area contributed by atoms with Gasteiger partial charge in [0, 0.05) is 0 Å². The molecule has 0 saturated heterocycles. The first-order valence-electron chi connectivity index (χ1n) is 5.60. The Morgan fingerprint density at radius 1 is 1.00 bits per heavy atom. The minimum atomic E-state index is -0.356. The molecule has 19 heavy (non-hydrogen) atoms. The molecule has 3 aromatic rings. The molecule has 3 rings (SSSR count). The Bertz CT molecular complexity index is 784. The van der Waals surface area contributed by atoms with Crippen molar-refractivity contribution >= 4 is 27.2 Å². The second-order valence-corrected chi connectivity index (χ2v) is 4.76. The summed E-state index contributed by atoms with van der Waals surface area (Å²) in [6.07, 6.45) is 0. The topological polar surface area (TPSA) is 50.2 Å². The van der Waals surface area contributed by atoms with Crippen LogP contribution in [0.5, 0.6) is 0 Å². The van der Waals surface area contributed by atoms with E-state index < -0.39 is 0 Å². The summed E-state index contributed by atoms with van der Waals surface area (Å²) in [5, 5.41) is 12.1. The lowest BCUT2D eigenvalue weighted by atomic mass is 10.3. The largest absolute Gasteiger partial charge is 0.273 e. The van der Waals surface area contributed by atoms with Crippen LogP contribution in [0.4, 0.5) is 10.1 Å². The number of hydrogen-bond donors (Lipinski definition) is 1. The highest BCUT2D eigenvalue weighted by Crippen LogP contribution is 2.13. The van der Waals surface area contributed by atoms with Gasteiger partial charge in [0.2, 0.25) is 4.80 Å². The molecule has 0 aliphatic carbocycles. The minimum Gasteiger partial charge on any atom is -0.273 e. The van der Waals surface area contributed by atoms with E-state index in [2.05, 4.69) is 20.7 Å². The van der Waals surface area contributed by atoms with Crippen molar-refractivity contribution in [3.05, 3.63) is 59.1 Å². The zero-order valence-electron chi connectivity index (χ0n) is 9.75. The summed E-state index contributed by atoms with van der Waals surface area (Å²) in [7, 11) is 0. The average Bonchev–Trinajstić information content (AvgIpc) is 2.46. The van der Waals surface area contributed by atoms with Crippen molar-refractivity contribution in [1.82, 2.24) is 10.2 Å². The summed E-state index contributed by atoms with van der Waals surface area (Å²) in [6.45, 7) is 0. The molecule has 0 radical (unpaired) electrons. The van der Waals surface area contributed by atoms with Gasteiger partial charge in [-0.1, -0.05) is 35.6 Å². The Labute approximate surface area is 112 Å². The van der Waals surface area contributed by atoms with E-state index in [9.17, 15) is 4.39 Å². The zero-order valence-corrected chi connectivity index (χ0v) is 10.6. The van der Waals surface area contributed by atoms with Crippen LogP contribution in [0.25, 0.3) is 10.2 Å². The molecule has 0 bridgehead atoms. The number of nitrogens with one attached hydrogen (secondary N) is 1. The third kappa shape index (κ3) is 2.58. The van der Waals surface area contributed by atoms with E-state index in [-0.39, 0.29) is 5.82 Å². The number of nitrogens with zero attached hydrogens (tertiary/aromatic N) is 3. The second kappa shape index (κ2) is 5.11. The van der Waals surface area contributed by atoms with Gasteiger partial charge < -0.3 is 0 Å². The van der Waals surface area contributed by atoms with Crippen molar-refractivity contribution in [2.45, 2.75) is 0 Å². The Hall–Kier alpha value is -2.34. The van der Waals surface area contributed by atoms with E-state index in [0.29, 0.717) is 10.5 Å². The van der Waals surface area contributed by atoms with Crippen molar-refractivity contribution in [2.24, 2.45) is 5.10 Å². The van der Waals surface area contributed by atoms with Crippen molar-refractivity contribution in [3.63, 3.8) is 0 Å². The lowest BCUT2D eigenvalue weighted by Gasteiger charge is -2.00. The Morgan fingerprint density at radius 2 is 1.79 bits per heavy atom. The van der Waals surface area contributed by atoms with Gasteiger partial charge in [0.1, 0.15) is 11.3 Å². The van der Waals surface area contributed by atoms with Gasteiger partial charge in [0.25, 0.3) is 0 Å². The van der Waals surface area contributed by atoms with Gasteiger partial charge in [-0.25, -0.2) is 4.39 Å². The normalized spacial score (nSPS) is 11.7. The first-order valence-corrected chi connectivity index (χ1v) is 6.41. The molecular formula is C13H9FN4S. The highest BCUT2D eigenvalue weighted by Gasteiger charge is 1.98. The number of benzene rings is 2. The monoisotopic (exact) mass is 272 g/mol. The fourth-order valence-electron chi connectivity index (χ4n) is 1.55. The summed E-state index contributed by atoms with van der Waals surface area (Å²) >= 11 is 1.39. The molecule has 2 aromatic carbocycles. The van der Waals surface area contributed by atoms with Gasteiger partial charge in [0.05, 0.1) is 10.4 Å². The van der Waals surface area contributed by atoms with Gasteiger partial charge in [0.15, 0.2) is 0 Å². The van der Waals surface area contributed by atoms with Gasteiger partial charge in [-0.2, -0.15) is 0 Å². The number of halogens is 1. The standard InChI is InChI=1S/C13H9FN4S/c14-9-5-1-2-6-10(9)15-17-13-18-16-11-7-3-4-8-12(11)19-13/h1-8,15H. The molecule has 1 heterocycles. The van der Waals surface area contributed by atoms with Crippen molar-refractivity contribution in [3.8, 4) is 0 Å². The lowest BCUT2D eigenvalue weighted by molar-refractivity contribution is 0.630. The zero-order chi connectivity index (χ0) is 13.1. The molecule has 4 nitrogen and oxygen atoms in total. The number of fused-ring (bicyclic) bond motifs is 1. The Balaban J connectivity index is 1.96. The van der Waals surface area contributed by atoms with E-state index >= 15 is 0 Å². The van der Waals surface area contributed by atoms with E-state index in [1.807, 2.05) is 24.3 Å². The number of aromatic nitrogens is 2. The second-order valence-electron chi connectivity index (χ2n) is 3.76. The lowest BCUT2D eigenvalue weighted by Crippen LogP contribution is -2.08. The Kier molecular flexibility index (Phi) is 3.16. The first-order chi connectivity index (χ1) is 9.33. The first kappa shape index (κ1) is 11.7. The molecule has 0 unspecified atom stereocenters. The summed E-state index contributed by atoms with van der Waals surface area (Å²) in [5.41, 5.74) is 3.78. The number of hydrogen-bond acceptors (Lipinski definition) is 5. The summed E-state index contributed by atoms with van der Waals surface area (Å²) < 4.78 is 14.4. The van der Waals surface area contributed by atoms with Crippen LogP contribution in [-0.2, 0) is 0 Å². The van der Waals surface area contributed by atoms with Crippen LogP contribution in [-0.4, -0.2) is 10.2 Å². The van der Waals surface area contributed by atoms with E-state index in [1.165, 1.54) is 17.4 Å². The van der Waals surface area contributed by atoms with E-state index in [4.69, 9.17) is 0 Å². The van der Waals surface area contributed by atoms with Gasteiger partial charge in [-0.15, -0.1) is 15.3 Å². The summed E-state index contributed by atoms with van der Waals surface area (Å²) in [5.74, 6) is -0.356. The predicted molar refractivity (Wildman–Crippen MR) is 73.0 cm³/mol. The van der Waals surface area contributed by atoms with Crippen LogP contribution in [0.2, 0.25) is 0 Å². The fraction of sp³-hybridized carbons (Fsp3) is 0. The minimum absolute atomic E-state index is 0.310. The third-order valence-corrected chi connectivity index (χ3v) is 3.38. The average molecular weight is 272 g/mol. The van der Waals surface area contributed by atoms with Crippen LogP contribution in [0.1, 0.15) is 0 Å². The van der Waals surface area contributed by atoms with Crippen LogP contribution in [0.15, 0.2) is 53.6 Å². The fourth-order valence-corrected chi connectivity index (χ4v) is 2.28. The smallest absolute Gasteiger partial charge is 0.248 e. The van der Waals surface area contributed by atoms with Crippen LogP contribution < -0.4 is 10.2 Å². The Morgan fingerprint density at radius 3 is 2.68 bits per heavy atom. The van der Waals surface area contributed by atoms with E-state index in [0.717, 1.165) is 10.2 Å². The summed E-state index contributed by atoms with van der Waals surface area (Å²) in [4.78, 5) is 0.446. The molecule has 0 spiro atoms.